The van der Waals surface area contributed by atoms with E-state index in [1.165, 1.54) is 44.9 Å². The Morgan fingerprint density at radius 2 is 1.80 bits per heavy atom. The number of nitrogens with one attached hydrogen (secondary N) is 1. The first kappa shape index (κ1) is 27.2. The highest BCUT2D eigenvalue weighted by Crippen LogP contribution is 2.45. The van der Waals surface area contributed by atoms with Gasteiger partial charge in [0.05, 0.1) is 16.1 Å². The molecule has 1 amide bonds. The number of nitrogens with two attached hydrogens (primary N) is 1. The third-order valence-corrected chi connectivity index (χ3v) is 10.0. The lowest BCUT2D eigenvalue weighted by atomic mass is 9.88. The Bertz CT molecular complexity index is 1330. The van der Waals surface area contributed by atoms with Gasteiger partial charge in [-0.2, -0.15) is 0 Å². The van der Waals surface area contributed by atoms with E-state index in [9.17, 15) is 4.79 Å². The fourth-order valence-corrected chi connectivity index (χ4v) is 7.69. The molecule has 7 nitrogen and oxygen atoms in total. The van der Waals surface area contributed by atoms with Crippen molar-refractivity contribution in [1.82, 2.24) is 14.9 Å². The molecule has 3 N–H and O–H groups in total. The van der Waals surface area contributed by atoms with Gasteiger partial charge in [-0.1, -0.05) is 56.4 Å². The lowest BCUT2D eigenvalue weighted by molar-refractivity contribution is -0.122. The molecule has 6 rings (SSSR count). The lowest BCUT2D eigenvalue weighted by Gasteiger charge is -2.29. The van der Waals surface area contributed by atoms with Crippen molar-refractivity contribution in [1.29, 1.82) is 0 Å². The summed E-state index contributed by atoms with van der Waals surface area (Å²) >= 11 is 1.62. The standard InChI is InChI=1S/C32H41N5O2S/c1-37(24-7-5-3-2-4-6-8-24)16-17-39-25-13-9-21(10-14-25)19-27-34-26-15-18-40-30(26)32(35-27)36-29-23-12-11-22(20-23)28(29)31(33)38/h9-15,18,22-24,28-29H,2-8,16-17,19-20H2,1H3,(H2,33,38)(H,34,35,36). The number of amides is 1. The average molecular weight is 560 g/mol. The van der Waals surface area contributed by atoms with E-state index in [-0.39, 0.29) is 23.8 Å². The second kappa shape index (κ2) is 12.3. The summed E-state index contributed by atoms with van der Waals surface area (Å²) in [7, 11) is 2.24. The number of fused-ring (bicyclic) bond motifs is 3. The summed E-state index contributed by atoms with van der Waals surface area (Å²) in [6, 6.07) is 11.0. The Morgan fingerprint density at radius 1 is 1.05 bits per heavy atom. The van der Waals surface area contributed by atoms with Crippen LogP contribution >= 0.6 is 11.3 Å². The molecule has 0 aliphatic heterocycles. The molecule has 0 radical (unpaired) electrons. The minimum Gasteiger partial charge on any atom is -0.492 e. The number of thiophene rings is 1. The van der Waals surface area contributed by atoms with E-state index in [0.717, 1.165) is 46.1 Å². The van der Waals surface area contributed by atoms with Gasteiger partial charge in [-0.3, -0.25) is 4.79 Å². The fraction of sp³-hybridized carbons (Fsp3) is 0.531. The van der Waals surface area contributed by atoms with Gasteiger partial charge in [-0.05, 0) is 67.3 Å². The number of aromatic nitrogens is 2. The molecule has 3 aliphatic carbocycles. The molecular weight excluding hydrogens is 518 g/mol. The Hall–Kier alpha value is -2.97. The maximum absolute atomic E-state index is 12.2. The predicted octanol–water partition coefficient (Wildman–Crippen LogP) is 5.79. The summed E-state index contributed by atoms with van der Waals surface area (Å²) < 4.78 is 7.12. The van der Waals surface area contributed by atoms with E-state index in [0.29, 0.717) is 25.0 Å². The smallest absolute Gasteiger partial charge is 0.223 e. The van der Waals surface area contributed by atoms with Crippen LogP contribution in [0.5, 0.6) is 5.75 Å². The number of allylic oxidation sites excluding steroid dienone is 1. The largest absolute Gasteiger partial charge is 0.492 e. The number of carbonyl (C=O) groups is 1. The topological polar surface area (TPSA) is 93.4 Å². The Balaban J connectivity index is 1.07. The first-order valence-corrected chi connectivity index (χ1v) is 15.8. The van der Waals surface area contributed by atoms with E-state index >= 15 is 0 Å². The Morgan fingerprint density at radius 3 is 2.58 bits per heavy atom. The summed E-state index contributed by atoms with van der Waals surface area (Å²) in [6.07, 6.45) is 15.5. The summed E-state index contributed by atoms with van der Waals surface area (Å²) in [5, 5.41) is 5.66. The summed E-state index contributed by atoms with van der Waals surface area (Å²) in [4.78, 5) is 24.5. The van der Waals surface area contributed by atoms with Crippen LogP contribution in [0.1, 0.15) is 62.8 Å². The molecule has 4 unspecified atom stereocenters. The number of primary amides is 1. The predicted molar refractivity (Wildman–Crippen MR) is 162 cm³/mol. The summed E-state index contributed by atoms with van der Waals surface area (Å²) in [5.74, 6) is 2.56. The van der Waals surface area contributed by atoms with Gasteiger partial charge in [-0.25, -0.2) is 9.97 Å². The van der Waals surface area contributed by atoms with E-state index < -0.39 is 0 Å². The molecule has 2 heterocycles. The number of nitrogens with zero attached hydrogens (tertiary/aromatic N) is 3. The molecule has 2 fully saturated rings. The van der Waals surface area contributed by atoms with Crippen molar-refractivity contribution in [3.05, 3.63) is 59.3 Å². The van der Waals surface area contributed by atoms with Gasteiger partial charge in [0.1, 0.15) is 24.0 Å². The first-order valence-electron chi connectivity index (χ1n) is 15.0. The second-order valence-corrected chi connectivity index (χ2v) is 12.7. The van der Waals surface area contributed by atoms with Crippen LogP contribution in [0.4, 0.5) is 5.82 Å². The Kier molecular flexibility index (Phi) is 8.35. The number of hydrogen-bond acceptors (Lipinski definition) is 7. The fourth-order valence-electron chi connectivity index (χ4n) is 6.90. The van der Waals surface area contributed by atoms with Crippen LogP contribution in [0.25, 0.3) is 10.2 Å². The van der Waals surface area contributed by atoms with Crippen LogP contribution in [-0.2, 0) is 11.2 Å². The van der Waals surface area contributed by atoms with Crippen LogP contribution < -0.4 is 15.8 Å². The van der Waals surface area contributed by atoms with Crippen molar-refractivity contribution >= 4 is 33.3 Å². The van der Waals surface area contributed by atoms with Crippen molar-refractivity contribution in [3.63, 3.8) is 0 Å². The lowest BCUT2D eigenvalue weighted by Crippen LogP contribution is -2.41. The van der Waals surface area contributed by atoms with Gasteiger partial charge < -0.3 is 20.7 Å². The zero-order chi connectivity index (χ0) is 27.5. The molecule has 2 saturated carbocycles. The first-order chi connectivity index (χ1) is 19.5. The highest BCUT2D eigenvalue weighted by Gasteiger charge is 2.47. The second-order valence-electron chi connectivity index (χ2n) is 11.8. The number of ether oxygens (including phenoxy) is 1. The van der Waals surface area contributed by atoms with Crippen molar-refractivity contribution in [2.45, 2.75) is 69.9 Å². The third kappa shape index (κ3) is 6.03. The van der Waals surface area contributed by atoms with Gasteiger partial charge in [0.15, 0.2) is 0 Å². The normalized spacial score (nSPS) is 24.9. The molecule has 212 valence electrons. The van der Waals surface area contributed by atoms with Crippen LogP contribution in [0.3, 0.4) is 0 Å². The molecule has 0 spiro atoms. The minimum atomic E-state index is -0.236. The number of rotatable bonds is 10. The van der Waals surface area contributed by atoms with Crippen molar-refractivity contribution < 1.29 is 9.53 Å². The molecule has 3 aromatic rings. The van der Waals surface area contributed by atoms with Gasteiger partial charge in [-0.15, -0.1) is 11.3 Å². The molecule has 0 saturated heterocycles. The van der Waals surface area contributed by atoms with Crippen LogP contribution in [0, 0.1) is 17.8 Å². The highest BCUT2D eigenvalue weighted by atomic mass is 32.1. The molecule has 4 atom stereocenters. The van der Waals surface area contributed by atoms with E-state index in [2.05, 4.69) is 41.5 Å². The minimum absolute atomic E-state index is 0.0249. The van der Waals surface area contributed by atoms with E-state index in [1.807, 2.05) is 23.6 Å². The monoisotopic (exact) mass is 559 g/mol. The molecule has 2 bridgehead atoms. The van der Waals surface area contributed by atoms with Crippen LogP contribution in [-0.4, -0.2) is 53.1 Å². The molecule has 8 heteroatoms. The van der Waals surface area contributed by atoms with Crippen molar-refractivity contribution in [2.75, 3.05) is 25.5 Å². The average Bonchev–Trinajstić information content (AvgIpc) is 3.66. The zero-order valence-corrected chi connectivity index (χ0v) is 24.2. The summed E-state index contributed by atoms with van der Waals surface area (Å²) in [6.45, 7) is 1.65. The number of hydrogen-bond donors (Lipinski definition) is 2. The maximum Gasteiger partial charge on any atom is 0.223 e. The van der Waals surface area contributed by atoms with Gasteiger partial charge in [0.2, 0.25) is 5.91 Å². The molecule has 2 aromatic heterocycles. The molecular formula is C32H41N5O2S. The Labute approximate surface area is 241 Å². The summed E-state index contributed by atoms with van der Waals surface area (Å²) in [5.41, 5.74) is 7.87. The molecule has 40 heavy (non-hydrogen) atoms. The van der Waals surface area contributed by atoms with Crippen molar-refractivity contribution in [3.8, 4) is 5.75 Å². The van der Waals surface area contributed by atoms with Crippen molar-refractivity contribution in [2.24, 2.45) is 23.5 Å². The van der Waals surface area contributed by atoms with Gasteiger partial charge in [0.25, 0.3) is 0 Å². The van der Waals surface area contributed by atoms with E-state index in [4.69, 9.17) is 20.4 Å². The number of benzene rings is 1. The molecule has 3 aliphatic rings. The number of likely N-dealkylation sites (N-methyl/N-ethyl adjacent to an activating group) is 1. The highest BCUT2D eigenvalue weighted by molar-refractivity contribution is 7.17. The SMILES string of the molecule is CN(CCOc1ccc(Cc2nc(NC3C4C=CC(C4)C3C(N)=O)c3sccc3n2)cc1)C1CCCCCCC1. The maximum atomic E-state index is 12.2. The molecule has 1 aromatic carbocycles. The quantitative estimate of drug-likeness (QED) is 0.305. The van der Waals surface area contributed by atoms with Gasteiger partial charge >= 0.3 is 0 Å². The van der Waals surface area contributed by atoms with E-state index in [1.54, 1.807) is 11.3 Å². The van der Waals surface area contributed by atoms with Crippen LogP contribution in [0.15, 0.2) is 47.9 Å². The number of anilines is 1. The third-order valence-electron chi connectivity index (χ3n) is 9.14. The van der Waals surface area contributed by atoms with Gasteiger partial charge in [0, 0.05) is 25.0 Å². The number of carbonyl (C=O) groups excluding carboxylic acids is 1. The zero-order valence-electron chi connectivity index (χ0n) is 23.4. The van der Waals surface area contributed by atoms with Crippen LogP contribution in [0.2, 0.25) is 0 Å².